The van der Waals surface area contributed by atoms with Crippen molar-refractivity contribution in [1.29, 1.82) is 0 Å². The van der Waals surface area contributed by atoms with E-state index in [9.17, 15) is 9.59 Å². The molecule has 102 valence electrons. The molecular formula is C12H12Cl2N2O3. The molecule has 5 nitrogen and oxygen atoms in total. The molecule has 1 aromatic rings. The summed E-state index contributed by atoms with van der Waals surface area (Å²) < 4.78 is 5.26. The highest BCUT2D eigenvalue weighted by Crippen LogP contribution is 2.27. The lowest BCUT2D eigenvalue weighted by atomic mass is 10.2. The normalized spacial score (nSPS) is 18.0. The summed E-state index contributed by atoms with van der Waals surface area (Å²) in [6, 6.07) is 4.25. The number of rotatable bonds is 4. The van der Waals surface area contributed by atoms with Gasteiger partial charge in [-0.2, -0.15) is 0 Å². The van der Waals surface area contributed by atoms with Crippen LogP contribution in [0.15, 0.2) is 18.2 Å². The van der Waals surface area contributed by atoms with Crippen molar-refractivity contribution in [2.75, 3.05) is 13.2 Å². The number of hydrogen-bond donors (Lipinski definition) is 2. The molecule has 0 saturated carbocycles. The first-order valence-corrected chi connectivity index (χ1v) is 6.47. The summed E-state index contributed by atoms with van der Waals surface area (Å²) in [7, 11) is 0. The third-order valence-electron chi connectivity index (χ3n) is 2.64. The summed E-state index contributed by atoms with van der Waals surface area (Å²) in [5.41, 5.74) is 0. The summed E-state index contributed by atoms with van der Waals surface area (Å²) in [5, 5.41) is 6.04. The summed E-state index contributed by atoms with van der Waals surface area (Å²) >= 11 is 11.6. The van der Waals surface area contributed by atoms with Crippen LogP contribution in [0.25, 0.3) is 0 Å². The first kappa shape index (κ1) is 14.0. The smallest absolute Gasteiger partial charge is 0.258 e. The second-order valence-corrected chi connectivity index (χ2v) is 4.91. The molecular weight excluding hydrogens is 291 g/mol. The van der Waals surface area contributed by atoms with E-state index in [-0.39, 0.29) is 18.4 Å². The maximum absolute atomic E-state index is 11.6. The Morgan fingerprint density at radius 1 is 1.47 bits per heavy atom. The molecule has 1 aliphatic rings. The summed E-state index contributed by atoms with van der Waals surface area (Å²) in [6.07, 6.45) is 0.590. The Morgan fingerprint density at radius 2 is 2.26 bits per heavy atom. The van der Waals surface area contributed by atoms with Crippen LogP contribution in [0.4, 0.5) is 0 Å². The Bertz CT molecular complexity index is 508. The van der Waals surface area contributed by atoms with Gasteiger partial charge in [-0.1, -0.05) is 23.2 Å². The predicted molar refractivity (Wildman–Crippen MR) is 71.5 cm³/mol. The quantitative estimate of drug-likeness (QED) is 0.883. The van der Waals surface area contributed by atoms with Gasteiger partial charge in [-0.3, -0.25) is 9.59 Å². The fourth-order valence-electron chi connectivity index (χ4n) is 1.70. The first-order chi connectivity index (χ1) is 9.06. The second-order valence-electron chi connectivity index (χ2n) is 4.06. The number of ether oxygens (including phenoxy) is 1. The van der Waals surface area contributed by atoms with Crippen LogP contribution in [0.2, 0.25) is 10.0 Å². The Labute approximate surface area is 120 Å². The van der Waals surface area contributed by atoms with Gasteiger partial charge >= 0.3 is 0 Å². The van der Waals surface area contributed by atoms with Gasteiger partial charge < -0.3 is 15.4 Å². The van der Waals surface area contributed by atoms with E-state index in [0.717, 1.165) is 0 Å². The van der Waals surface area contributed by atoms with E-state index in [1.54, 1.807) is 12.1 Å². The average molecular weight is 303 g/mol. The highest BCUT2D eigenvalue weighted by molar-refractivity contribution is 6.35. The number of halogens is 2. The van der Waals surface area contributed by atoms with Crippen molar-refractivity contribution in [3.05, 3.63) is 28.2 Å². The van der Waals surface area contributed by atoms with Crippen molar-refractivity contribution in [1.82, 2.24) is 10.6 Å². The van der Waals surface area contributed by atoms with Crippen LogP contribution in [0.3, 0.4) is 0 Å². The molecule has 1 atom stereocenters. The zero-order chi connectivity index (χ0) is 13.8. The van der Waals surface area contributed by atoms with Gasteiger partial charge in [0.15, 0.2) is 6.61 Å². The molecule has 2 N–H and O–H groups in total. The van der Waals surface area contributed by atoms with Crippen molar-refractivity contribution in [3.63, 3.8) is 0 Å². The largest absolute Gasteiger partial charge is 0.482 e. The Balaban J connectivity index is 1.84. The van der Waals surface area contributed by atoms with E-state index in [0.29, 0.717) is 28.8 Å². The number of carbonyl (C=O) groups excluding carboxylic acids is 2. The van der Waals surface area contributed by atoms with Crippen LogP contribution < -0.4 is 15.4 Å². The monoisotopic (exact) mass is 302 g/mol. The number of hydrogen-bond acceptors (Lipinski definition) is 3. The first-order valence-electron chi connectivity index (χ1n) is 5.71. The van der Waals surface area contributed by atoms with E-state index >= 15 is 0 Å². The van der Waals surface area contributed by atoms with Crippen LogP contribution >= 0.6 is 23.2 Å². The van der Waals surface area contributed by atoms with E-state index in [1.807, 2.05) is 0 Å². The Kier molecular flexibility index (Phi) is 4.50. The number of carbonyl (C=O) groups is 2. The van der Waals surface area contributed by atoms with Gasteiger partial charge in [-0.25, -0.2) is 0 Å². The SMILES string of the molecule is O=C(COc1ccc(Cl)cc1Cl)N[C@@H]1CCNC1=O. The molecule has 1 fully saturated rings. The number of nitrogens with one attached hydrogen (secondary N) is 2. The highest BCUT2D eigenvalue weighted by atomic mass is 35.5. The molecule has 0 unspecified atom stereocenters. The number of amides is 2. The second kappa shape index (κ2) is 6.12. The third kappa shape index (κ3) is 3.75. The molecule has 1 saturated heterocycles. The summed E-state index contributed by atoms with van der Waals surface area (Å²) in [4.78, 5) is 22.9. The van der Waals surface area contributed by atoms with Crippen LogP contribution in [0.5, 0.6) is 5.75 Å². The van der Waals surface area contributed by atoms with Gasteiger partial charge in [0.25, 0.3) is 5.91 Å². The van der Waals surface area contributed by atoms with Crippen molar-refractivity contribution >= 4 is 35.0 Å². The van der Waals surface area contributed by atoms with Crippen LogP contribution in [-0.2, 0) is 9.59 Å². The van der Waals surface area contributed by atoms with E-state index in [2.05, 4.69) is 10.6 Å². The molecule has 2 amide bonds. The Morgan fingerprint density at radius 3 is 2.89 bits per heavy atom. The maximum Gasteiger partial charge on any atom is 0.258 e. The lowest BCUT2D eigenvalue weighted by Gasteiger charge is -2.11. The molecule has 0 bridgehead atoms. The van der Waals surface area contributed by atoms with Gasteiger partial charge in [0.2, 0.25) is 5.91 Å². The average Bonchev–Trinajstić information content (AvgIpc) is 2.74. The van der Waals surface area contributed by atoms with Gasteiger partial charge in [0.1, 0.15) is 11.8 Å². The van der Waals surface area contributed by atoms with Crippen molar-refractivity contribution in [2.45, 2.75) is 12.5 Å². The van der Waals surface area contributed by atoms with E-state index < -0.39 is 6.04 Å². The van der Waals surface area contributed by atoms with Crippen molar-refractivity contribution < 1.29 is 14.3 Å². The fraction of sp³-hybridized carbons (Fsp3) is 0.333. The molecule has 0 aromatic heterocycles. The lowest BCUT2D eigenvalue weighted by molar-refractivity contribution is -0.128. The molecule has 19 heavy (non-hydrogen) atoms. The van der Waals surface area contributed by atoms with Crippen LogP contribution in [-0.4, -0.2) is 31.0 Å². The Hall–Kier alpha value is -1.46. The predicted octanol–water partition coefficient (Wildman–Crippen LogP) is 1.38. The highest BCUT2D eigenvalue weighted by Gasteiger charge is 2.25. The van der Waals surface area contributed by atoms with Crippen molar-refractivity contribution in [3.8, 4) is 5.75 Å². The summed E-state index contributed by atoms with van der Waals surface area (Å²) in [6.45, 7) is 0.374. The zero-order valence-corrected chi connectivity index (χ0v) is 11.4. The van der Waals surface area contributed by atoms with Crippen LogP contribution in [0, 0.1) is 0 Å². The van der Waals surface area contributed by atoms with E-state index in [1.165, 1.54) is 6.07 Å². The maximum atomic E-state index is 11.6. The lowest BCUT2D eigenvalue weighted by Crippen LogP contribution is -2.42. The molecule has 7 heteroatoms. The molecule has 0 aliphatic carbocycles. The van der Waals surface area contributed by atoms with E-state index in [4.69, 9.17) is 27.9 Å². The topological polar surface area (TPSA) is 67.4 Å². The molecule has 1 aromatic carbocycles. The minimum atomic E-state index is -0.475. The third-order valence-corrected chi connectivity index (χ3v) is 3.17. The fourth-order valence-corrected chi connectivity index (χ4v) is 2.17. The van der Waals surface area contributed by atoms with Gasteiger partial charge in [0.05, 0.1) is 5.02 Å². The molecule has 1 aliphatic heterocycles. The summed E-state index contributed by atoms with van der Waals surface area (Å²) in [5.74, 6) is -0.164. The standard InChI is InChI=1S/C12H12Cl2N2O3/c13-7-1-2-10(8(14)5-7)19-6-11(17)16-9-3-4-15-12(9)18/h1-2,5,9H,3-4,6H2,(H,15,18)(H,16,17)/t9-/m1/s1. The van der Waals surface area contributed by atoms with Gasteiger partial charge in [-0.05, 0) is 24.6 Å². The molecule has 0 spiro atoms. The minimum Gasteiger partial charge on any atom is -0.482 e. The van der Waals surface area contributed by atoms with Crippen LogP contribution in [0.1, 0.15) is 6.42 Å². The van der Waals surface area contributed by atoms with Gasteiger partial charge in [-0.15, -0.1) is 0 Å². The molecule has 1 heterocycles. The number of benzene rings is 1. The van der Waals surface area contributed by atoms with Gasteiger partial charge in [0, 0.05) is 11.6 Å². The molecule has 0 radical (unpaired) electrons. The molecule has 2 rings (SSSR count). The van der Waals surface area contributed by atoms with Crippen molar-refractivity contribution in [2.24, 2.45) is 0 Å². The minimum absolute atomic E-state index is 0.169. The zero-order valence-electron chi connectivity index (χ0n) is 9.91.